The molecule has 0 atom stereocenters. The van der Waals surface area contributed by atoms with E-state index >= 15 is 0 Å². The van der Waals surface area contributed by atoms with Gasteiger partial charge in [-0.05, 0) is 6.92 Å². The fourth-order valence-electron chi connectivity index (χ4n) is 1.07. The number of alkyl halides is 5. The average Bonchev–Trinajstić information content (AvgIpc) is 2.07. The van der Waals surface area contributed by atoms with Crippen molar-refractivity contribution in [3.05, 3.63) is 27.5 Å². The highest BCUT2D eigenvalue weighted by molar-refractivity contribution is 5.33. The summed E-state index contributed by atoms with van der Waals surface area (Å²) in [7, 11) is 0. The van der Waals surface area contributed by atoms with Crippen molar-refractivity contribution >= 4 is 0 Å². The molecule has 1 aromatic heterocycles. The topological polar surface area (TPSA) is 42.1 Å². The van der Waals surface area contributed by atoms with Crippen LogP contribution < -0.4 is 10.3 Å². The minimum absolute atomic E-state index is 0.452. The Morgan fingerprint density at radius 2 is 1.94 bits per heavy atom. The first-order valence-corrected chi connectivity index (χ1v) is 3.98. The Labute approximate surface area is 85.8 Å². The van der Waals surface area contributed by atoms with Crippen LogP contribution in [0.4, 0.5) is 22.0 Å². The van der Waals surface area contributed by atoms with Gasteiger partial charge in [-0.25, -0.2) is 8.78 Å². The van der Waals surface area contributed by atoms with Gasteiger partial charge in [-0.2, -0.15) is 0 Å². The molecule has 1 N–H and O–H groups in total. The third-order valence-corrected chi connectivity index (χ3v) is 1.75. The second kappa shape index (κ2) is 4.11. The molecule has 0 radical (unpaired) electrons. The number of rotatable bonds is 2. The molecule has 0 bridgehead atoms. The second-order valence-electron chi connectivity index (χ2n) is 2.89. The third kappa shape index (κ3) is 2.94. The summed E-state index contributed by atoms with van der Waals surface area (Å²) in [5.74, 6) is -1.02. The Balaban J connectivity index is 3.25. The van der Waals surface area contributed by atoms with Gasteiger partial charge < -0.3 is 4.74 Å². The van der Waals surface area contributed by atoms with Crippen molar-refractivity contribution in [3.63, 3.8) is 0 Å². The van der Waals surface area contributed by atoms with Gasteiger partial charge in [0.1, 0.15) is 0 Å². The van der Waals surface area contributed by atoms with Crippen LogP contribution in [0.15, 0.2) is 10.9 Å². The third-order valence-electron chi connectivity index (χ3n) is 1.75. The molecule has 0 aliphatic carbocycles. The summed E-state index contributed by atoms with van der Waals surface area (Å²) in [6.45, 7) is 0.999. The van der Waals surface area contributed by atoms with Crippen LogP contribution in [-0.2, 0) is 0 Å². The summed E-state index contributed by atoms with van der Waals surface area (Å²) >= 11 is 0. The number of pyridine rings is 1. The van der Waals surface area contributed by atoms with Crippen molar-refractivity contribution in [1.82, 2.24) is 4.98 Å². The Morgan fingerprint density at radius 1 is 1.38 bits per heavy atom. The number of hydrogen-bond acceptors (Lipinski definition) is 2. The van der Waals surface area contributed by atoms with E-state index in [0.29, 0.717) is 6.07 Å². The number of H-pyrrole nitrogens is 1. The predicted octanol–water partition coefficient (Wildman–Crippen LogP) is 2.52. The summed E-state index contributed by atoms with van der Waals surface area (Å²) in [4.78, 5) is 12.5. The lowest BCUT2D eigenvalue weighted by atomic mass is 10.1. The smallest absolute Gasteiger partial charge is 0.390 e. The monoisotopic (exact) mass is 243 g/mol. The van der Waals surface area contributed by atoms with Crippen LogP contribution in [0.25, 0.3) is 0 Å². The average molecular weight is 243 g/mol. The lowest BCUT2D eigenvalue weighted by Gasteiger charge is -2.12. The molecular weight excluding hydrogens is 237 g/mol. The SMILES string of the molecule is Cc1c(C(F)F)cc(=O)[nH]c1OC(F)(F)F. The van der Waals surface area contributed by atoms with Crippen LogP contribution in [0, 0.1) is 6.92 Å². The maximum absolute atomic E-state index is 12.3. The highest BCUT2D eigenvalue weighted by Gasteiger charge is 2.33. The zero-order chi connectivity index (χ0) is 12.5. The molecule has 0 aliphatic rings. The van der Waals surface area contributed by atoms with Gasteiger partial charge in [-0.1, -0.05) is 0 Å². The van der Waals surface area contributed by atoms with Crippen molar-refractivity contribution in [2.45, 2.75) is 19.7 Å². The molecule has 0 fully saturated rings. The van der Waals surface area contributed by atoms with Crippen molar-refractivity contribution in [3.8, 4) is 5.88 Å². The van der Waals surface area contributed by atoms with E-state index in [1.54, 1.807) is 4.98 Å². The summed E-state index contributed by atoms with van der Waals surface area (Å²) in [5, 5.41) is 0. The standard InChI is InChI=1S/C8H6F5NO2/c1-3-4(6(9)10)2-5(15)14-7(3)16-8(11,12)13/h2,6H,1H3,(H,14,15). The summed E-state index contributed by atoms with van der Waals surface area (Å²) in [6.07, 6.45) is -8.09. The van der Waals surface area contributed by atoms with Crippen molar-refractivity contribution in [2.75, 3.05) is 0 Å². The highest BCUT2D eigenvalue weighted by Crippen LogP contribution is 2.29. The molecule has 0 spiro atoms. The fraction of sp³-hybridized carbons (Fsp3) is 0.375. The van der Waals surface area contributed by atoms with Crippen molar-refractivity contribution < 1.29 is 26.7 Å². The van der Waals surface area contributed by atoms with Crippen LogP contribution in [0.1, 0.15) is 17.6 Å². The van der Waals surface area contributed by atoms with Crippen molar-refractivity contribution in [2.24, 2.45) is 0 Å². The Bertz CT molecular complexity index is 437. The molecule has 0 saturated heterocycles. The molecule has 1 rings (SSSR count). The van der Waals surface area contributed by atoms with E-state index in [2.05, 4.69) is 4.74 Å². The summed E-state index contributed by atoms with van der Waals surface area (Å²) in [6, 6.07) is 0.531. The molecule has 0 unspecified atom stereocenters. The van der Waals surface area contributed by atoms with Crippen molar-refractivity contribution in [1.29, 1.82) is 0 Å². The molecule has 8 heteroatoms. The number of hydrogen-bond donors (Lipinski definition) is 1. The molecule has 0 amide bonds. The van der Waals surface area contributed by atoms with Crippen LogP contribution in [0.3, 0.4) is 0 Å². The van der Waals surface area contributed by atoms with Gasteiger partial charge in [0.2, 0.25) is 5.88 Å². The van der Waals surface area contributed by atoms with E-state index in [1.165, 1.54) is 0 Å². The molecule has 90 valence electrons. The van der Waals surface area contributed by atoms with Gasteiger partial charge >= 0.3 is 6.36 Å². The van der Waals surface area contributed by atoms with Crippen LogP contribution in [0.2, 0.25) is 0 Å². The second-order valence-corrected chi connectivity index (χ2v) is 2.89. The number of halogens is 5. The normalized spacial score (nSPS) is 11.9. The van der Waals surface area contributed by atoms with E-state index in [1.807, 2.05) is 0 Å². The van der Waals surface area contributed by atoms with E-state index in [9.17, 15) is 26.7 Å². The lowest BCUT2D eigenvalue weighted by Crippen LogP contribution is -2.21. The Kier molecular flexibility index (Phi) is 3.20. The largest absolute Gasteiger partial charge is 0.574 e. The number of ether oxygens (including phenoxy) is 1. The number of nitrogens with one attached hydrogen (secondary N) is 1. The lowest BCUT2D eigenvalue weighted by molar-refractivity contribution is -0.276. The first kappa shape index (κ1) is 12.5. The Morgan fingerprint density at radius 3 is 2.38 bits per heavy atom. The van der Waals surface area contributed by atoms with E-state index in [4.69, 9.17) is 0 Å². The van der Waals surface area contributed by atoms with Crippen LogP contribution in [-0.4, -0.2) is 11.3 Å². The molecule has 1 aromatic rings. The van der Waals surface area contributed by atoms with Crippen LogP contribution >= 0.6 is 0 Å². The zero-order valence-electron chi connectivity index (χ0n) is 7.86. The molecule has 16 heavy (non-hydrogen) atoms. The molecule has 0 aliphatic heterocycles. The van der Waals surface area contributed by atoms with Gasteiger partial charge in [-0.3, -0.25) is 9.78 Å². The maximum atomic E-state index is 12.3. The molecule has 1 heterocycles. The minimum Gasteiger partial charge on any atom is -0.390 e. The van der Waals surface area contributed by atoms with E-state index in [-0.39, 0.29) is 0 Å². The van der Waals surface area contributed by atoms with Gasteiger partial charge in [0.05, 0.1) is 0 Å². The van der Waals surface area contributed by atoms with Crippen LogP contribution in [0.5, 0.6) is 5.88 Å². The first-order chi connectivity index (χ1) is 7.20. The molecule has 0 aromatic carbocycles. The van der Waals surface area contributed by atoms with Gasteiger partial charge in [-0.15, -0.1) is 13.2 Å². The maximum Gasteiger partial charge on any atom is 0.574 e. The summed E-state index contributed by atoms with van der Waals surface area (Å²) in [5.41, 5.74) is -2.32. The Hall–Kier alpha value is -1.60. The fourth-order valence-corrected chi connectivity index (χ4v) is 1.07. The number of aromatic nitrogens is 1. The minimum atomic E-state index is -5.05. The number of aromatic amines is 1. The highest BCUT2D eigenvalue weighted by atomic mass is 19.4. The molecular formula is C8H6F5NO2. The predicted molar refractivity (Wildman–Crippen MR) is 43.4 cm³/mol. The van der Waals surface area contributed by atoms with Gasteiger partial charge in [0.25, 0.3) is 12.0 Å². The summed E-state index contributed by atoms with van der Waals surface area (Å²) < 4.78 is 63.6. The first-order valence-electron chi connectivity index (χ1n) is 3.98. The quantitative estimate of drug-likeness (QED) is 0.811. The van der Waals surface area contributed by atoms with Gasteiger partial charge in [0.15, 0.2) is 0 Å². The van der Waals surface area contributed by atoms with E-state index < -0.39 is 35.4 Å². The zero-order valence-corrected chi connectivity index (χ0v) is 7.86. The molecule has 0 saturated carbocycles. The van der Waals surface area contributed by atoms with E-state index in [0.717, 1.165) is 6.92 Å². The van der Waals surface area contributed by atoms with Gasteiger partial charge in [0, 0.05) is 17.2 Å². The molecule has 3 nitrogen and oxygen atoms in total.